The zero-order valence-electron chi connectivity index (χ0n) is 22.5. The van der Waals surface area contributed by atoms with Crippen molar-refractivity contribution in [1.29, 1.82) is 0 Å². The van der Waals surface area contributed by atoms with E-state index in [4.69, 9.17) is 9.72 Å². The summed E-state index contributed by atoms with van der Waals surface area (Å²) in [7, 11) is 0. The van der Waals surface area contributed by atoms with Gasteiger partial charge in [0.05, 0.1) is 17.0 Å². The molecule has 2 aromatic heterocycles. The van der Waals surface area contributed by atoms with E-state index in [9.17, 15) is 14.7 Å². The lowest BCUT2D eigenvalue weighted by Gasteiger charge is -2.21. The third kappa shape index (κ3) is 5.73. The van der Waals surface area contributed by atoms with E-state index in [2.05, 4.69) is 12.2 Å². The maximum atomic E-state index is 13.1. The standard InChI is InChI=1S/C33H31N3O4/c1-3-4-10-26-21-36-29(20-15-22(2)31(36)34-26)30(40-33(39)35-25-11-6-5-7-12-25)24-18-16-23(17-19-24)27-13-8-9-14-28(27)32(37)38/h5-9,11-21,30H,3-4,10H2,1-2H3,(H,35,39)(H,37,38)/t30-/m1/s1. The van der Waals surface area contributed by atoms with Gasteiger partial charge in [0.2, 0.25) is 0 Å². The van der Waals surface area contributed by atoms with Gasteiger partial charge in [0.25, 0.3) is 0 Å². The normalized spacial score (nSPS) is 11.8. The maximum absolute atomic E-state index is 13.1. The second kappa shape index (κ2) is 11.9. The summed E-state index contributed by atoms with van der Waals surface area (Å²) >= 11 is 0. The summed E-state index contributed by atoms with van der Waals surface area (Å²) in [5.74, 6) is -0.987. The molecule has 0 radical (unpaired) electrons. The predicted octanol–water partition coefficient (Wildman–Crippen LogP) is 7.69. The summed E-state index contributed by atoms with van der Waals surface area (Å²) < 4.78 is 8.09. The lowest BCUT2D eigenvalue weighted by atomic mass is 9.97. The number of carboxylic acids is 1. The number of aromatic nitrogens is 2. The summed E-state index contributed by atoms with van der Waals surface area (Å²) in [6, 6.07) is 27.4. The van der Waals surface area contributed by atoms with E-state index >= 15 is 0 Å². The Hall–Kier alpha value is -4.91. The number of aromatic carboxylic acids is 1. The first-order chi connectivity index (χ1) is 19.4. The molecule has 40 heavy (non-hydrogen) atoms. The molecule has 7 nitrogen and oxygen atoms in total. The number of ether oxygens (including phenoxy) is 1. The van der Waals surface area contributed by atoms with E-state index in [0.29, 0.717) is 11.3 Å². The first-order valence-electron chi connectivity index (χ1n) is 13.4. The van der Waals surface area contributed by atoms with Crippen LogP contribution in [0, 0.1) is 6.92 Å². The average molecular weight is 534 g/mol. The minimum Gasteiger partial charge on any atom is -0.478 e. The number of unbranched alkanes of at least 4 members (excludes halogenated alkanes) is 1. The molecule has 0 fully saturated rings. The maximum Gasteiger partial charge on any atom is 0.412 e. The van der Waals surface area contributed by atoms with Crippen LogP contribution in [-0.2, 0) is 11.2 Å². The molecule has 5 rings (SSSR count). The molecule has 0 unspecified atom stereocenters. The number of aryl methyl sites for hydroxylation is 2. The fourth-order valence-electron chi connectivity index (χ4n) is 4.80. The van der Waals surface area contributed by atoms with Crippen LogP contribution in [0.5, 0.6) is 0 Å². The Morgan fingerprint density at radius 2 is 1.68 bits per heavy atom. The van der Waals surface area contributed by atoms with Crippen molar-refractivity contribution in [3.05, 3.63) is 125 Å². The Bertz CT molecular complexity index is 1640. The number of anilines is 1. The molecule has 202 valence electrons. The fourth-order valence-corrected chi connectivity index (χ4v) is 4.80. The highest BCUT2D eigenvalue weighted by Crippen LogP contribution is 2.32. The molecule has 3 aromatic carbocycles. The lowest BCUT2D eigenvalue weighted by Crippen LogP contribution is -2.20. The van der Waals surface area contributed by atoms with Crippen molar-refractivity contribution < 1.29 is 19.4 Å². The Morgan fingerprint density at radius 3 is 2.40 bits per heavy atom. The van der Waals surface area contributed by atoms with Crippen molar-refractivity contribution in [3.8, 4) is 11.1 Å². The first-order valence-corrected chi connectivity index (χ1v) is 13.4. The molecule has 5 aromatic rings. The van der Waals surface area contributed by atoms with Gasteiger partial charge in [-0.1, -0.05) is 80.1 Å². The molecule has 0 bridgehead atoms. The molecular weight excluding hydrogens is 502 g/mol. The van der Waals surface area contributed by atoms with Crippen LogP contribution >= 0.6 is 0 Å². The minimum absolute atomic E-state index is 0.226. The van der Waals surface area contributed by atoms with Gasteiger partial charge in [-0.2, -0.15) is 0 Å². The number of hydrogen-bond donors (Lipinski definition) is 2. The number of benzene rings is 3. The predicted molar refractivity (Wildman–Crippen MR) is 156 cm³/mol. The molecule has 0 saturated heterocycles. The van der Waals surface area contributed by atoms with Gasteiger partial charge in [0.15, 0.2) is 6.10 Å². The van der Waals surface area contributed by atoms with Crippen LogP contribution in [0.1, 0.15) is 58.7 Å². The number of carboxylic acid groups (broad SMARTS) is 1. The molecule has 0 aliphatic carbocycles. The largest absolute Gasteiger partial charge is 0.478 e. The number of imidazole rings is 1. The number of pyridine rings is 1. The van der Waals surface area contributed by atoms with Crippen LogP contribution in [0.15, 0.2) is 97.2 Å². The van der Waals surface area contributed by atoms with Crippen LogP contribution < -0.4 is 5.32 Å². The molecule has 0 spiro atoms. The van der Waals surface area contributed by atoms with E-state index in [1.807, 2.05) is 78.2 Å². The van der Waals surface area contributed by atoms with Crippen molar-refractivity contribution in [2.45, 2.75) is 39.2 Å². The molecule has 1 amide bonds. The quantitative estimate of drug-likeness (QED) is 0.203. The van der Waals surface area contributed by atoms with Gasteiger partial charge in [0.1, 0.15) is 5.65 Å². The fraction of sp³-hybridized carbons (Fsp3) is 0.182. The topological polar surface area (TPSA) is 92.9 Å². The lowest BCUT2D eigenvalue weighted by molar-refractivity contribution is 0.0697. The highest BCUT2D eigenvalue weighted by molar-refractivity contribution is 5.96. The molecular formula is C33H31N3O4. The molecule has 2 heterocycles. The Labute approximate surface area is 233 Å². The Morgan fingerprint density at radius 1 is 0.950 bits per heavy atom. The van der Waals surface area contributed by atoms with E-state index in [0.717, 1.165) is 53.0 Å². The van der Waals surface area contributed by atoms with Crippen molar-refractivity contribution in [3.63, 3.8) is 0 Å². The zero-order valence-corrected chi connectivity index (χ0v) is 22.5. The van der Waals surface area contributed by atoms with Crippen molar-refractivity contribution >= 4 is 23.4 Å². The smallest absolute Gasteiger partial charge is 0.412 e. The van der Waals surface area contributed by atoms with Gasteiger partial charge in [-0.05, 0) is 66.3 Å². The number of rotatable bonds is 9. The second-order valence-corrected chi connectivity index (χ2v) is 9.72. The number of amides is 1. The molecule has 0 aliphatic heterocycles. The third-order valence-electron chi connectivity index (χ3n) is 6.87. The molecule has 2 N–H and O–H groups in total. The van der Waals surface area contributed by atoms with Gasteiger partial charge in [-0.3, -0.25) is 9.72 Å². The van der Waals surface area contributed by atoms with Gasteiger partial charge >= 0.3 is 12.1 Å². The van der Waals surface area contributed by atoms with Crippen molar-refractivity contribution in [2.75, 3.05) is 5.32 Å². The highest BCUT2D eigenvalue weighted by atomic mass is 16.6. The van der Waals surface area contributed by atoms with E-state index < -0.39 is 18.2 Å². The van der Waals surface area contributed by atoms with Crippen LogP contribution in [0.4, 0.5) is 10.5 Å². The zero-order chi connectivity index (χ0) is 28.1. The van der Waals surface area contributed by atoms with E-state index in [-0.39, 0.29) is 5.56 Å². The number of fused-ring (bicyclic) bond motifs is 1. The number of hydrogen-bond acceptors (Lipinski definition) is 4. The number of nitrogens with zero attached hydrogens (tertiary/aromatic N) is 2. The SMILES string of the molecule is CCCCc1cn2c([C@H](OC(=O)Nc3ccccc3)c3ccc(-c4ccccc4C(=O)O)cc3)ccc(C)c2n1. The number of para-hydroxylation sites is 1. The van der Waals surface area contributed by atoms with Crippen LogP contribution in [0.2, 0.25) is 0 Å². The Balaban J connectivity index is 1.55. The summed E-state index contributed by atoms with van der Waals surface area (Å²) in [4.78, 5) is 29.7. The number of nitrogens with one attached hydrogen (secondary N) is 1. The summed E-state index contributed by atoms with van der Waals surface area (Å²) in [5.41, 5.74) is 6.58. The van der Waals surface area contributed by atoms with Crippen LogP contribution in [0.25, 0.3) is 16.8 Å². The number of carbonyl (C=O) groups is 2. The molecule has 0 saturated carbocycles. The molecule has 0 aliphatic rings. The van der Waals surface area contributed by atoms with Crippen molar-refractivity contribution in [1.82, 2.24) is 9.38 Å². The van der Waals surface area contributed by atoms with E-state index in [1.54, 1.807) is 30.3 Å². The third-order valence-corrected chi connectivity index (χ3v) is 6.87. The van der Waals surface area contributed by atoms with Crippen LogP contribution in [0.3, 0.4) is 0 Å². The number of carbonyl (C=O) groups excluding carboxylic acids is 1. The molecule has 7 heteroatoms. The summed E-state index contributed by atoms with van der Waals surface area (Å²) in [6.45, 7) is 4.17. The minimum atomic E-state index is -0.987. The van der Waals surface area contributed by atoms with Gasteiger partial charge < -0.3 is 9.84 Å². The van der Waals surface area contributed by atoms with E-state index in [1.165, 1.54) is 0 Å². The first kappa shape index (κ1) is 26.7. The van der Waals surface area contributed by atoms with Gasteiger partial charge in [-0.15, -0.1) is 0 Å². The average Bonchev–Trinajstić information content (AvgIpc) is 3.41. The Kier molecular flexibility index (Phi) is 7.92. The van der Waals surface area contributed by atoms with Crippen LogP contribution in [-0.4, -0.2) is 26.6 Å². The van der Waals surface area contributed by atoms with Gasteiger partial charge in [0, 0.05) is 11.9 Å². The second-order valence-electron chi connectivity index (χ2n) is 9.72. The van der Waals surface area contributed by atoms with Crippen molar-refractivity contribution in [2.24, 2.45) is 0 Å². The molecule has 1 atom stereocenters. The monoisotopic (exact) mass is 533 g/mol. The summed E-state index contributed by atoms with van der Waals surface area (Å²) in [5, 5.41) is 12.5. The van der Waals surface area contributed by atoms with Gasteiger partial charge in [-0.25, -0.2) is 14.6 Å². The summed E-state index contributed by atoms with van der Waals surface area (Å²) in [6.07, 6.45) is 3.67. The highest BCUT2D eigenvalue weighted by Gasteiger charge is 2.24.